The Morgan fingerprint density at radius 3 is 2.87 bits per heavy atom. The smallest absolute Gasteiger partial charge is 0.274 e. The number of rotatable bonds is 5. The average molecular weight is 493 g/mol. The molecule has 30 heavy (non-hydrogen) atoms. The van der Waals surface area contributed by atoms with Gasteiger partial charge in [-0.15, -0.1) is 0 Å². The first-order chi connectivity index (χ1) is 14.5. The summed E-state index contributed by atoms with van der Waals surface area (Å²) in [6.07, 6.45) is 1.55. The zero-order valence-electron chi connectivity index (χ0n) is 15.6. The van der Waals surface area contributed by atoms with Crippen LogP contribution >= 0.6 is 27.5 Å². The van der Waals surface area contributed by atoms with Crippen molar-refractivity contribution >= 4 is 45.0 Å². The van der Waals surface area contributed by atoms with Gasteiger partial charge >= 0.3 is 0 Å². The molecule has 154 valence electrons. The van der Waals surface area contributed by atoms with Gasteiger partial charge in [-0.2, -0.15) is 5.10 Å². The Morgan fingerprint density at radius 2 is 2.10 bits per heavy atom. The molecular formula is C19H15BrClN5O4. The second kappa shape index (κ2) is 8.33. The SMILES string of the molecule is CCNC(=O)c1c(NC(=O)c2cc(Br)nn2-c2ncccc2Cl)ccc2c1OCO2. The molecule has 1 aliphatic heterocycles. The lowest BCUT2D eigenvalue weighted by molar-refractivity contribution is 0.0952. The van der Waals surface area contributed by atoms with Crippen molar-refractivity contribution in [3.8, 4) is 17.3 Å². The summed E-state index contributed by atoms with van der Waals surface area (Å²) in [6.45, 7) is 2.20. The first-order valence-electron chi connectivity index (χ1n) is 8.88. The van der Waals surface area contributed by atoms with Crippen LogP contribution in [0.1, 0.15) is 27.8 Å². The quantitative estimate of drug-likeness (QED) is 0.565. The van der Waals surface area contributed by atoms with Crippen LogP contribution < -0.4 is 20.1 Å². The Kier molecular flexibility index (Phi) is 5.60. The van der Waals surface area contributed by atoms with Crippen LogP contribution in [0, 0.1) is 0 Å². The van der Waals surface area contributed by atoms with E-state index in [1.165, 1.54) is 10.7 Å². The number of carbonyl (C=O) groups is 2. The number of anilines is 1. The Hall–Kier alpha value is -3.11. The van der Waals surface area contributed by atoms with E-state index in [1.807, 2.05) is 0 Å². The van der Waals surface area contributed by atoms with Crippen LogP contribution in [0.5, 0.6) is 11.5 Å². The van der Waals surface area contributed by atoms with Gasteiger partial charge in [0, 0.05) is 18.8 Å². The number of benzene rings is 1. The molecule has 0 spiro atoms. The Labute approximate surface area is 184 Å². The number of ether oxygens (including phenoxy) is 2. The van der Waals surface area contributed by atoms with E-state index >= 15 is 0 Å². The highest BCUT2D eigenvalue weighted by Crippen LogP contribution is 2.40. The van der Waals surface area contributed by atoms with Crippen LogP contribution in [-0.2, 0) is 0 Å². The third-order valence-corrected chi connectivity index (χ3v) is 4.89. The van der Waals surface area contributed by atoms with Crippen molar-refractivity contribution in [3.63, 3.8) is 0 Å². The van der Waals surface area contributed by atoms with Crippen molar-refractivity contribution in [2.75, 3.05) is 18.7 Å². The zero-order chi connectivity index (χ0) is 21.3. The highest BCUT2D eigenvalue weighted by atomic mass is 79.9. The van der Waals surface area contributed by atoms with Crippen LogP contribution in [-0.4, -0.2) is 39.9 Å². The third kappa shape index (κ3) is 3.71. The predicted molar refractivity (Wildman–Crippen MR) is 113 cm³/mol. The summed E-state index contributed by atoms with van der Waals surface area (Å²) in [4.78, 5) is 29.9. The van der Waals surface area contributed by atoms with E-state index in [9.17, 15) is 9.59 Å². The molecule has 0 radical (unpaired) electrons. The monoisotopic (exact) mass is 491 g/mol. The summed E-state index contributed by atoms with van der Waals surface area (Å²) in [5.74, 6) is 0.102. The molecule has 0 atom stereocenters. The highest BCUT2D eigenvalue weighted by Gasteiger charge is 2.27. The van der Waals surface area contributed by atoms with Crippen molar-refractivity contribution in [2.45, 2.75) is 6.92 Å². The van der Waals surface area contributed by atoms with E-state index in [2.05, 4.69) is 36.6 Å². The van der Waals surface area contributed by atoms with Crippen molar-refractivity contribution in [1.82, 2.24) is 20.1 Å². The van der Waals surface area contributed by atoms with Gasteiger partial charge in [0.15, 0.2) is 17.3 Å². The lowest BCUT2D eigenvalue weighted by Gasteiger charge is -2.14. The number of fused-ring (bicyclic) bond motifs is 1. The maximum absolute atomic E-state index is 13.1. The molecule has 0 unspecified atom stereocenters. The molecule has 1 aliphatic rings. The van der Waals surface area contributed by atoms with Gasteiger partial charge in [-0.1, -0.05) is 11.6 Å². The number of hydrogen-bond acceptors (Lipinski definition) is 6. The van der Waals surface area contributed by atoms with E-state index in [0.717, 1.165) is 0 Å². The number of hydrogen-bond donors (Lipinski definition) is 2. The maximum atomic E-state index is 13.1. The summed E-state index contributed by atoms with van der Waals surface area (Å²) in [5.41, 5.74) is 0.620. The second-order valence-electron chi connectivity index (χ2n) is 6.11. The maximum Gasteiger partial charge on any atom is 0.274 e. The fourth-order valence-electron chi connectivity index (χ4n) is 2.95. The van der Waals surface area contributed by atoms with Gasteiger partial charge in [-0.3, -0.25) is 9.59 Å². The summed E-state index contributed by atoms with van der Waals surface area (Å²) >= 11 is 9.49. The predicted octanol–water partition coefficient (Wildman–Crippen LogP) is 3.41. The van der Waals surface area contributed by atoms with Crippen molar-refractivity contribution < 1.29 is 19.1 Å². The van der Waals surface area contributed by atoms with E-state index in [0.29, 0.717) is 27.7 Å². The molecule has 11 heteroatoms. The summed E-state index contributed by atoms with van der Waals surface area (Å²) in [5, 5.41) is 10.0. The largest absolute Gasteiger partial charge is 0.454 e. The van der Waals surface area contributed by atoms with Crippen LogP contribution in [0.3, 0.4) is 0 Å². The first-order valence-corrected chi connectivity index (χ1v) is 10.0. The van der Waals surface area contributed by atoms with Gasteiger partial charge in [0.1, 0.15) is 15.9 Å². The number of amides is 2. The van der Waals surface area contributed by atoms with Gasteiger partial charge in [0.05, 0.1) is 10.7 Å². The van der Waals surface area contributed by atoms with Crippen LogP contribution in [0.15, 0.2) is 41.1 Å². The first kappa shape index (κ1) is 20.2. The number of pyridine rings is 1. The minimum atomic E-state index is -0.515. The number of nitrogens with one attached hydrogen (secondary N) is 2. The summed E-state index contributed by atoms with van der Waals surface area (Å²) < 4.78 is 12.5. The average Bonchev–Trinajstić information content (AvgIpc) is 3.34. The minimum absolute atomic E-state index is 0.00295. The molecule has 0 saturated heterocycles. The molecule has 2 aromatic heterocycles. The van der Waals surface area contributed by atoms with Crippen molar-refractivity contribution in [1.29, 1.82) is 0 Å². The van der Waals surface area contributed by atoms with E-state index in [1.54, 1.807) is 37.4 Å². The number of aromatic nitrogens is 3. The molecule has 1 aromatic carbocycles. The van der Waals surface area contributed by atoms with Crippen LogP contribution in [0.4, 0.5) is 5.69 Å². The number of halogens is 2. The molecule has 2 N–H and O–H groups in total. The Balaban J connectivity index is 1.73. The van der Waals surface area contributed by atoms with Gasteiger partial charge in [0.2, 0.25) is 6.79 Å². The highest BCUT2D eigenvalue weighted by molar-refractivity contribution is 9.10. The minimum Gasteiger partial charge on any atom is -0.454 e. The molecule has 0 saturated carbocycles. The number of nitrogens with zero attached hydrogens (tertiary/aromatic N) is 3. The van der Waals surface area contributed by atoms with Gasteiger partial charge in [-0.25, -0.2) is 9.67 Å². The van der Waals surface area contributed by atoms with Crippen LogP contribution in [0.25, 0.3) is 5.82 Å². The fourth-order valence-corrected chi connectivity index (χ4v) is 3.52. The standard InChI is InChI=1S/C19H15BrClN5O4/c1-2-22-19(28)15-11(5-6-13-16(15)30-9-29-13)24-18(27)12-8-14(20)25-26(12)17-10(21)4-3-7-23-17/h3-8H,2,9H2,1H3,(H,22,28)(H,24,27). The molecule has 0 fully saturated rings. The van der Waals surface area contributed by atoms with E-state index in [-0.39, 0.29) is 29.5 Å². The Bertz CT molecular complexity index is 1150. The molecule has 9 nitrogen and oxygen atoms in total. The second-order valence-corrected chi connectivity index (χ2v) is 7.33. The van der Waals surface area contributed by atoms with Crippen LogP contribution in [0.2, 0.25) is 5.02 Å². The lowest BCUT2D eigenvalue weighted by atomic mass is 10.1. The van der Waals surface area contributed by atoms with E-state index < -0.39 is 11.8 Å². The molecule has 3 aromatic rings. The van der Waals surface area contributed by atoms with Crippen molar-refractivity contribution in [3.05, 3.63) is 57.4 Å². The molecular weight excluding hydrogens is 478 g/mol. The number of carbonyl (C=O) groups excluding carboxylic acids is 2. The summed E-state index contributed by atoms with van der Waals surface area (Å²) in [6, 6.07) is 8.06. The molecule has 2 amide bonds. The lowest BCUT2D eigenvalue weighted by Crippen LogP contribution is -2.26. The molecule has 0 aliphatic carbocycles. The molecule has 0 bridgehead atoms. The summed E-state index contributed by atoms with van der Waals surface area (Å²) in [7, 11) is 0. The van der Waals surface area contributed by atoms with Gasteiger partial charge in [0.25, 0.3) is 11.8 Å². The van der Waals surface area contributed by atoms with E-state index in [4.69, 9.17) is 21.1 Å². The third-order valence-electron chi connectivity index (χ3n) is 4.20. The van der Waals surface area contributed by atoms with Crippen molar-refractivity contribution in [2.24, 2.45) is 0 Å². The fraction of sp³-hybridized carbons (Fsp3) is 0.158. The molecule has 3 heterocycles. The molecule has 4 rings (SSSR count). The topological polar surface area (TPSA) is 107 Å². The van der Waals surface area contributed by atoms with Gasteiger partial charge < -0.3 is 20.1 Å². The normalized spacial score (nSPS) is 12.0. The zero-order valence-corrected chi connectivity index (χ0v) is 18.0. The Morgan fingerprint density at radius 1 is 1.27 bits per heavy atom. The van der Waals surface area contributed by atoms with Gasteiger partial charge in [-0.05, 0) is 47.1 Å².